The standard InChI is InChI=1S/C18H13F4N3O2/c1-27-15-12(19)6-11(7-13(15)20)25-14(5-10-3-2-4-23-16(10)25)17(26)24-8-18(21,22)9-24/h2-7H,8-9H2,1H3. The SMILES string of the molecule is COc1c(F)cc(-n2c(C(=O)N3CC(F)(F)C3)cc3cccnc32)cc1F. The van der Waals surface area contributed by atoms with Crippen LogP contribution < -0.4 is 4.74 Å². The number of methoxy groups -OCH3 is 1. The molecule has 1 aliphatic heterocycles. The van der Waals surface area contributed by atoms with Crippen LogP contribution in [-0.2, 0) is 0 Å². The van der Waals surface area contributed by atoms with E-state index in [1.807, 2.05) is 0 Å². The Morgan fingerprint density at radius 2 is 1.85 bits per heavy atom. The molecule has 2 aromatic heterocycles. The highest BCUT2D eigenvalue weighted by Gasteiger charge is 2.47. The predicted octanol–water partition coefficient (Wildman–Crippen LogP) is 3.40. The summed E-state index contributed by atoms with van der Waals surface area (Å²) in [5.74, 6) is -6.07. The largest absolute Gasteiger partial charge is 0.491 e. The average molecular weight is 379 g/mol. The predicted molar refractivity (Wildman–Crippen MR) is 88.4 cm³/mol. The first-order valence-corrected chi connectivity index (χ1v) is 7.98. The van der Waals surface area contributed by atoms with Gasteiger partial charge in [0.05, 0.1) is 25.9 Å². The fraction of sp³-hybridized carbons (Fsp3) is 0.222. The molecule has 1 aliphatic rings. The van der Waals surface area contributed by atoms with Gasteiger partial charge in [-0.15, -0.1) is 0 Å². The molecule has 27 heavy (non-hydrogen) atoms. The Hall–Kier alpha value is -3.10. The molecule has 0 N–H and O–H groups in total. The number of carbonyl (C=O) groups excluding carboxylic acids is 1. The molecule has 0 aliphatic carbocycles. The fourth-order valence-corrected chi connectivity index (χ4v) is 3.14. The number of ether oxygens (including phenoxy) is 1. The summed E-state index contributed by atoms with van der Waals surface area (Å²) in [6, 6.07) is 6.75. The normalized spacial score (nSPS) is 15.7. The summed E-state index contributed by atoms with van der Waals surface area (Å²) < 4.78 is 60.6. The number of pyridine rings is 1. The van der Waals surface area contributed by atoms with Crippen molar-refractivity contribution in [2.24, 2.45) is 0 Å². The lowest BCUT2D eigenvalue weighted by atomic mass is 10.1. The molecular weight excluding hydrogens is 366 g/mol. The molecule has 3 aromatic rings. The maximum atomic E-state index is 14.2. The molecule has 0 radical (unpaired) electrons. The van der Waals surface area contributed by atoms with Crippen molar-refractivity contribution < 1.29 is 27.1 Å². The van der Waals surface area contributed by atoms with Gasteiger partial charge in [-0.2, -0.15) is 0 Å². The fourth-order valence-electron chi connectivity index (χ4n) is 3.14. The number of likely N-dealkylation sites (tertiary alicyclic amines) is 1. The van der Waals surface area contributed by atoms with Gasteiger partial charge in [-0.3, -0.25) is 9.36 Å². The Morgan fingerprint density at radius 3 is 2.44 bits per heavy atom. The number of carbonyl (C=O) groups is 1. The number of rotatable bonds is 3. The van der Waals surface area contributed by atoms with Gasteiger partial charge in [0.2, 0.25) is 0 Å². The molecule has 5 nitrogen and oxygen atoms in total. The van der Waals surface area contributed by atoms with E-state index in [9.17, 15) is 22.4 Å². The van der Waals surface area contributed by atoms with Crippen LogP contribution in [0.3, 0.4) is 0 Å². The zero-order chi connectivity index (χ0) is 19.3. The maximum absolute atomic E-state index is 14.2. The minimum Gasteiger partial charge on any atom is -0.491 e. The van der Waals surface area contributed by atoms with Crippen LogP contribution in [0.2, 0.25) is 0 Å². The third-order valence-corrected chi connectivity index (χ3v) is 4.36. The van der Waals surface area contributed by atoms with Crippen LogP contribution in [-0.4, -0.2) is 46.5 Å². The molecule has 0 spiro atoms. The van der Waals surface area contributed by atoms with Crippen LogP contribution in [0, 0.1) is 11.6 Å². The van der Waals surface area contributed by atoms with E-state index in [1.54, 1.807) is 12.1 Å². The minimum atomic E-state index is -2.93. The second kappa shape index (κ2) is 5.97. The van der Waals surface area contributed by atoms with Gasteiger partial charge >= 0.3 is 0 Å². The van der Waals surface area contributed by atoms with E-state index in [-0.39, 0.29) is 17.0 Å². The summed E-state index contributed by atoms with van der Waals surface area (Å²) in [6.45, 7) is -1.40. The molecule has 9 heteroatoms. The summed E-state index contributed by atoms with van der Waals surface area (Å²) in [4.78, 5) is 17.8. The quantitative estimate of drug-likeness (QED) is 0.656. The van der Waals surface area contributed by atoms with Crippen molar-refractivity contribution in [1.82, 2.24) is 14.5 Å². The summed E-state index contributed by atoms with van der Waals surface area (Å²) in [7, 11) is 1.13. The zero-order valence-electron chi connectivity index (χ0n) is 14.0. The van der Waals surface area contributed by atoms with Crippen LogP contribution in [0.4, 0.5) is 17.6 Å². The Labute approximate surface area is 150 Å². The third kappa shape index (κ3) is 2.79. The smallest absolute Gasteiger partial charge is 0.282 e. The second-order valence-corrected chi connectivity index (χ2v) is 6.24. The molecule has 0 atom stereocenters. The van der Waals surface area contributed by atoms with Crippen molar-refractivity contribution in [2.45, 2.75) is 5.92 Å². The van der Waals surface area contributed by atoms with Gasteiger partial charge in [0.25, 0.3) is 11.8 Å². The van der Waals surface area contributed by atoms with Crippen LogP contribution in [0.5, 0.6) is 5.75 Å². The summed E-state index contributed by atoms with van der Waals surface area (Å²) in [6.07, 6.45) is 1.46. The monoisotopic (exact) mass is 379 g/mol. The van der Waals surface area contributed by atoms with E-state index >= 15 is 0 Å². The summed E-state index contributed by atoms with van der Waals surface area (Å²) in [5.41, 5.74) is 0.260. The van der Waals surface area contributed by atoms with Crippen molar-refractivity contribution in [3.8, 4) is 11.4 Å². The first-order chi connectivity index (χ1) is 12.8. The van der Waals surface area contributed by atoms with Gasteiger partial charge in [0.15, 0.2) is 17.4 Å². The number of alkyl halides is 2. The zero-order valence-corrected chi connectivity index (χ0v) is 14.0. The molecule has 4 rings (SSSR count). The van der Waals surface area contributed by atoms with Gasteiger partial charge in [0, 0.05) is 23.7 Å². The van der Waals surface area contributed by atoms with Gasteiger partial charge in [-0.25, -0.2) is 22.5 Å². The molecule has 1 fully saturated rings. The molecule has 0 unspecified atom stereocenters. The van der Waals surface area contributed by atoms with Crippen molar-refractivity contribution >= 4 is 16.9 Å². The highest BCUT2D eigenvalue weighted by atomic mass is 19.3. The Morgan fingerprint density at radius 1 is 1.19 bits per heavy atom. The lowest BCUT2D eigenvalue weighted by molar-refractivity contribution is -0.113. The first-order valence-electron chi connectivity index (χ1n) is 7.98. The molecule has 0 saturated carbocycles. The number of hydrogen-bond donors (Lipinski definition) is 0. The molecule has 0 bridgehead atoms. The Balaban J connectivity index is 1.88. The van der Waals surface area contributed by atoms with E-state index < -0.39 is 42.3 Å². The van der Waals surface area contributed by atoms with Gasteiger partial charge in [0.1, 0.15) is 11.3 Å². The average Bonchev–Trinajstić information content (AvgIpc) is 2.98. The number of benzene rings is 1. The van der Waals surface area contributed by atoms with Crippen molar-refractivity contribution in [1.29, 1.82) is 0 Å². The van der Waals surface area contributed by atoms with E-state index in [1.165, 1.54) is 16.8 Å². The van der Waals surface area contributed by atoms with Gasteiger partial charge in [-0.05, 0) is 18.2 Å². The molecule has 1 aromatic carbocycles. The third-order valence-electron chi connectivity index (χ3n) is 4.36. The van der Waals surface area contributed by atoms with Crippen molar-refractivity contribution in [3.05, 3.63) is 53.9 Å². The minimum absolute atomic E-state index is 0.00451. The maximum Gasteiger partial charge on any atom is 0.282 e. The van der Waals surface area contributed by atoms with E-state index in [4.69, 9.17) is 0 Å². The number of nitrogens with zero attached hydrogens (tertiary/aromatic N) is 3. The number of aromatic nitrogens is 2. The number of hydrogen-bond acceptors (Lipinski definition) is 3. The first kappa shape index (κ1) is 17.3. The van der Waals surface area contributed by atoms with Crippen molar-refractivity contribution in [2.75, 3.05) is 20.2 Å². The Kier molecular flexibility index (Phi) is 3.83. The Bertz CT molecular complexity index is 1030. The molecule has 140 valence electrons. The summed E-state index contributed by atoms with van der Waals surface area (Å²) in [5, 5.41) is 0.532. The topological polar surface area (TPSA) is 47.4 Å². The van der Waals surface area contributed by atoms with Crippen LogP contribution in [0.25, 0.3) is 16.7 Å². The van der Waals surface area contributed by atoms with E-state index in [0.717, 1.165) is 24.1 Å². The molecule has 3 heterocycles. The van der Waals surface area contributed by atoms with Crippen molar-refractivity contribution in [3.63, 3.8) is 0 Å². The lowest BCUT2D eigenvalue weighted by Crippen LogP contribution is -2.58. The van der Waals surface area contributed by atoms with Crippen LogP contribution in [0.1, 0.15) is 10.5 Å². The summed E-state index contributed by atoms with van der Waals surface area (Å²) >= 11 is 0. The molecule has 1 saturated heterocycles. The van der Waals surface area contributed by atoms with E-state index in [2.05, 4.69) is 9.72 Å². The number of fused-ring (bicyclic) bond motifs is 1. The van der Waals surface area contributed by atoms with Gasteiger partial charge < -0.3 is 9.64 Å². The van der Waals surface area contributed by atoms with Gasteiger partial charge in [-0.1, -0.05) is 0 Å². The lowest BCUT2D eigenvalue weighted by Gasteiger charge is -2.38. The highest BCUT2D eigenvalue weighted by Crippen LogP contribution is 2.32. The van der Waals surface area contributed by atoms with E-state index in [0.29, 0.717) is 5.39 Å². The number of amides is 1. The molecule has 1 amide bonds. The van der Waals surface area contributed by atoms with Crippen LogP contribution in [0.15, 0.2) is 36.5 Å². The van der Waals surface area contributed by atoms with Crippen LogP contribution >= 0.6 is 0 Å². The molecular formula is C18H13F4N3O2. The highest BCUT2D eigenvalue weighted by molar-refractivity contribution is 5.99. The second-order valence-electron chi connectivity index (χ2n) is 6.24. The number of halogens is 4.